The molecule has 1 aromatic carbocycles. The second-order valence-electron chi connectivity index (χ2n) is 5.11. The van der Waals surface area contributed by atoms with E-state index in [4.69, 9.17) is 20.9 Å². The number of carbonyl (C=O) groups excluding carboxylic acids is 1. The van der Waals surface area contributed by atoms with Gasteiger partial charge < -0.3 is 9.26 Å². The highest BCUT2D eigenvalue weighted by Gasteiger charge is 2.16. The first-order chi connectivity index (χ1) is 12.7. The minimum Gasteiger partial charge on any atom is -0.451 e. The second kappa shape index (κ2) is 7.36. The summed E-state index contributed by atoms with van der Waals surface area (Å²) in [6, 6.07) is 11.0. The molecule has 0 aliphatic heterocycles. The number of ether oxygens (including phenoxy) is 1. The van der Waals surface area contributed by atoms with Crippen molar-refractivity contribution >= 4 is 40.2 Å². The Kier molecular flexibility index (Phi) is 4.79. The summed E-state index contributed by atoms with van der Waals surface area (Å²) < 4.78 is 10.3. The average Bonchev–Trinajstić information content (AvgIpc) is 3.40. The van der Waals surface area contributed by atoms with Gasteiger partial charge in [0, 0.05) is 16.0 Å². The summed E-state index contributed by atoms with van der Waals surface area (Å²) in [7, 11) is 0. The summed E-state index contributed by atoms with van der Waals surface area (Å²) in [6.07, 6.45) is 0. The molecule has 0 aliphatic carbocycles. The van der Waals surface area contributed by atoms with Crippen LogP contribution in [-0.2, 0) is 11.3 Å². The van der Waals surface area contributed by atoms with Gasteiger partial charge >= 0.3 is 5.97 Å². The fourth-order valence-electron chi connectivity index (χ4n) is 2.14. The molecule has 0 saturated carbocycles. The maximum Gasteiger partial charge on any atom is 0.358 e. The molecule has 0 amide bonds. The summed E-state index contributed by atoms with van der Waals surface area (Å²) in [5.74, 6) is 0.0424. The van der Waals surface area contributed by atoms with Gasteiger partial charge in [0.05, 0.1) is 4.88 Å². The van der Waals surface area contributed by atoms with Gasteiger partial charge in [-0.2, -0.15) is 4.98 Å². The Morgan fingerprint density at radius 3 is 2.92 bits per heavy atom. The molecule has 0 aliphatic rings. The minimum absolute atomic E-state index is 0.127. The molecule has 4 aromatic rings. The molecule has 0 spiro atoms. The normalized spacial score (nSPS) is 10.8. The Morgan fingerprint density at radius 2 is 2.12 bits per heavy atom. The van der Waals surface area contributed by atoms with E-state index in [1.54, 1.807) is 34.9 Å². The first-order valence-corrected chi connectivity index (χ1v) is 9.58. The molecular formula is C17H10ClN3O3S2. The number of hydrogen-bond acceptors (Lipinski definition) is 8. The highest BCUT2D eigenvalue weighted by Crippen LogP contribution is 2.28. The zero-order valence-corrected chi connectivity index (χ0v) is 15.5. The first-order valence-electron chi connectivity index (χ1n) is 7.44. The Morgan fingerprint density at radius 1 is 1.19 bits per heavy atom. The van der Waals surface area contributed by atoms with E-state index >= 15 is 0 Å². The summed E-state index contributed by atoms with van der Waals surface area (Å²) >= 11 is 8.91. The lowest BCUT2D eigenvalue weighted by molar-refractivity contribution is 0.0424. The molecule has 3 aromatic heterocycles. The largest absolute Gasteiger partial charge is 0.451 e. The smallest absolute Gasteiger partial charge is 0.358 e. The van der Waals surface area contributed by atoms with E-state index in [0.29, 0.717) is 10.8 Å². The summed E-state index contributed by atoms with van der Waals surface area (Å²) in [6.45, 7) is -0.127. The van der Waals surface area contributed by atoms with Crippen molar-refractivity contribution in [2.24, 2.45) is 0 Å². The Balaban J connectivity index is 1.41. The fourth-order valence-corrected chi connectivity index (χ4v) is 3.93. The molecule has 26 heavy (non-hydrogen) atoms. The van der Waals surface area contributed by atoms with E-state index in [9.17, 15) is 4.79 Å². The Hall–Kier alpha value is -2.55. The van der Waals surface area contributed by atoms with Gasteiger partial charge in [-0.25, -0.2) is 9.78 Å². The number of halogens is 1. The van der Waals surface area contributed by atoms with Gasteiger partial charge in [-0.1, -0.05) is 35.0 Å². The van der Waals surface area contributed by atoms with Crippen molar-refractivity contribution < 1.29 is 14.1 Å². The van der Waals surface area contributed by atoms with Crippen LogP contribution >= 0.6 is 34.3 Å². The van der Waals surface area contributed by atoms with Crippen LogP contribution in [0.4, 0.5) is 0 Å². The molecule has 9 heteroatoms. The quantitative estimate of drug-likeness (QED) is 0.439. The zero-order valence-electron chi connectivity index (χ0n) is 13.1. The number of aromatic nitrogens is 3. The Bertz CT molecular complexity index is 1040. The van der Waals surface area contributed by atoms with Gasteiger partial charge in [-0.05, 0) is 23.6 Å². The van der Waals surface area contributed by atoms with Crippen molar-refractivity contribution in [3.63, 3.8) is 0 Å². The van der Waals surface area contributed by atoms with Crippen molar-refractivity contribution in [1.29, 1.82) is 0 Å². The second-order valence-corrected chi connectivity index (χ2v) is 7.36. The van der Waals surface area contributed by atoms with Crippen molar-refractivity contribution in [2.75, 3.05) is 0 Å². The maximum absolute atomic E-state index is 12.1. The number of thiazole rings is 1. The lowest BCUT2D eigenvalue weighted by atomic mass is 10.2. The van der Waals surface area contributed by atoms with E-state index < -0.39 is 5.97 Å². The molecule has 0 saturated heterocycles. The summed E-state index contributed by atoms with van der Waals surface area (Å²) in [5.41, 5.74) is 0.979. The highest BCUT2D eigenvalue weighted by molar-refractivity contribution is 7.20. The van der Waals surface area contributed by atoms with Crippen molar-refractivity contribution in [3.05, 3.63) is 63.8 Å². The van der Waals surface area contributed by atoms with Gasteiger partial charge in [-0.3, -0.25) is 0 Å². The maximum atomic E-state index is 12.1. The molecule has 6 nitrogen and oxygen atoms in total. The third-order valence-electron chi connectivity index (χ3n) is 3.32. The van der Waals surface area contributed by atoms with Crippen LogP contribution in [0.2, 0.25) is 5.02 Å². The van der Waals surface area contributed by atoms with E-state index in [-0.39, 0.29) is 18.2 Å². The predicted molar refractivity (Wildman–Crippen MR) is 99.3 cm³/mol. The molecule has 0 unspecified atom stereocenters. The third-order valence-corrected chi connectivity index (χ3v) is 5.44. The van der Waals surface area contributed by atoms with Gasteiger partial charge in [0.2, 0.25) is 5.82 Å². The number of esters is 1. The van der Waals surface area contributed by atoms with Crippen molar-refractivity contribution in [2.45, 2.75) is 6.61 Å². The number of hydrogen-bond donors (Lipinski definition) is 0. The molecule has 4 rings (SSSR count). The van der Waals surface area contributed by atoms with Crippen LogP contribution in [0.25, 0.3) is 21.3 Å². The molecule has 0 fully saturated rings. The lowest BCUT2D eigenvalue weighted by Gasteiger charge is -1.98. The lowest BCUT2D eigenvalue weighted by Crippen LogP contribution is -2.05. The number of carbonyl (C=O) groups is 1. The molecule has 0 radical (unpaired) electrons. The molecular weight excluding hydrogens is 394 g/mol. The predicted octanol–water partition coefficient (Wildman–Crippen LogP) is 4.93. The van der Waals surface area contributed by atoms with Crippen LogP contribution < -0.4 is 0 Å². The van der Waals surface area contributed by atoms with Crippen LogP contribution in [0.15, 0.2) is 51.7 Å². The van der Waals surface area contributed by atoms with E-state index in [0.717, 1.165) is 15.4 Å². The van der Waals surface area contributed by atoms with Gasteiger partial charge in [0.25, 0.3) is 5.89 Å². The zero-order chi connectivity index (χ0) is 17.9. The van der Waals surface area contributed by atoms with Gasteiger partial charge in [-0.15, -0.1) is 22.7 Å². The van der Waals surface area contributed by atoms with Crippen LogP contribution in [0.1, 0.15) is 16.4 Å². The van der Waals surface area contributed by atoms with Gasteiger partial charge in [0.15, 0.2) is 12.3 Å². The van der Waals surface area contributed by atoms with E-state index in [1.807, 2.05) is 23.6 Å². The summed E-state index contributed by atoms with van der Waals surface area (Å²) in [5, 5.41) is 8.86. The Labute approximate surface area is 161 Å². The van der Waals surface area contributed by atoms with Gasteiger partial charge in [0.1, 0.15) is 5.01 Å². The van der Waals surface area contributed by atoms with Crippen LogP contribution in [0.3, 0.4) is 0 Å². The average molecular weight is 404 g/mol. The number of benzene rings is 1. The van der Waals surface area contributed by atoms with Crippen molar-refractivity contribution in [1.82, 2.24) is 15.1 Å². The monoisotopic (exact) mass is 403 g/mol. The molecule has 3 heterocycles. The number of thiophene rings is 1. The number of nitrogens with zero attached hydrogens (tertiary/aromatic N) is 3. The molecule has 130 valence electrons. The summed E-state index contributed by atoms with van der Waals surface area (Å²) in [4.78, 5) is 21.7. The van der Waals surface area contributed by atoms with Crippen LogP contribution in [-0.4, -0.2) is 21.1 Å². The van der Waals surface area contributed by atoms with E-state index in [1.165, 1.54) is 11.3 Å². The standard InChI is InChI=1S/C17H10ClN3O3S2/c18-11-4-1-3-10(7-11)15-20-14(24-21-15)8-23-17(22)12-9-26-16(19-12)13-5-2-6-25-13/h1-7,9H,8H2. The molecule has 0 bridgehead atoms. The van der Waals surface area contributed by atoms with E-state index in [2.05, 4.69) is 15.1 Å². The first kappa shape index (κ1) is 16.9. The molecule has 0 N–H and O–H groups in total. The highest BCUT2D eigenvalue weighted by atomic mass is 35.5. The third kappa shape index (κ3) is 3.67. The van der Waals surface area contributed by atoms with Crippen LogP contribution in [0, 0.1) is 0 Å². The van der Waals surface area contributed by atoms with Crippen molar-refractivity contribution in [3.8, 4) is 21.3 Å². The van der Waals surface area contributed by atoms with Crippen LogP contribution in [0.5, 0.6) is 0 Å². The number of rotatable bonds is 5. The fraction of sp³-hybridized carbons (Fsp3) is 0.0588. The SMILES string of the molecule is O=C(OCc1nc(-c2cccc(Cl)c2)no1)c1csc(-c2cccs2)n1. The minimum atomic E-state index is -0.536. The topological polar surface area (TPSA) is 78.1 Å². The molecule has 0 atom stereocenters.